The number of nitrogens with one attached hydrogen (secondary N) is 2. The summed E-state index contributed by atoms with van der Waals surface area (Å²) in [7, 11) is 0. The van der Waals surface area contributed by atoms with Crippen molar-refractivity contribution in [1.29, 1.82) is 0 Å². The summed E-state index contributed by atoms with van der Waals surface area (Å²) in [5.74, 6) is -0.130. The van der Waals surface area contributed by atoms with Crippen LogP contribution >= 0.6 is 35.6 Å². The van der Waals surface area contributed by atoms with Crippen molar-refractivity contribution in [2.24, 2.45) is 0 Å². The molecule has 25 heavy (non-hydrogen) atoms. The first-order valence-electron chi connectivity index (χ1n) is 8.17. The lowest BCUT2D eigenvalue weighted by Gasteiger charge is -2.08. The zero-order chi connectivity index (χ0) is 17.1. The second-order valence-electron chi connectivity index (χ2n) is 5.74. The van der Waals surface area contributed by atoms with Gasteiger partial charge in [-0.2, -0.15) is 5.10 Å². The first-order valence-corrected chi connectivity index (χ1v) is 8.92. The summed E-state index contributed by atoms with van der Waals surface area (Å²) < 4.78 is 1.79. The average Bonchev–Trinajstić information content (AvgIpc) is 3.14. The normalized spacial score (nSPS) is 12.6. The summed E-state index contributed by atoms with van der Waals surface area (Å²) in [6.45, 7) is 4.24. The highest BCUT2D eigenvalue weighted by Gasteiger charge is 2.27. The van der Waals surface area contributed by atoms with Gasteiger partial charge in [-0.25, -0.2) is 4.68 Å². The minimum atomic E-state index is -0.130. The molecule has 1 heterocycles. The molecule has 0 atom stereocenters. The van der Waals surface area contributed by atoms with Gasteiger partial charge in [0.25, 0.3) is 5.91 Å². The Hall–Kier alpha value is -1.27. The van der Waals surface area contributed by atoms with Crippen LogP contribution in [0, 0.1) is 0 Å². The third-order valence-electron chi connectivity index (χ3n) is 4.12. The van der Waals surface area contributed by atoms with Crippen LogP contribution in [0.4, 0.5) is 0 Å². The molecular formula is C17H21Cl3N4O. The number of aromatic nitrogens is 2. The molecule has 8 heteroatoms. The summed E-state index contributed by atoms with van der Waals surface area (Å²) >= 11 is 12.3. The van der Waals surface area contributed by atoms with Gasteiger partial charge >= 0.3 is 0 Å². The van der Waals surface area contributed by atoms with Crippen molar-refractivity contribution in [3.63, 3.8) is 0 Å². The highest BCUT2D eigenvalue weighted by Crippen LogP contribution is 2.31. The largest absolute Gasteiger partial charge is 0.349 e. The quantitative estimate of drug-likeness (QED) is 0.727. The molecule has 0 saturated heterocycles. The molecule has 3 rings (SSSR count). The molecular weight excluding hydrogens is 383 g/mol. The number of hydrogen-bond donors (Lipinski definition) is 2. The molecule has 1 aliphatic carbocycles. The number of benzene rings is 1. The topological polar surface area (TPSA) is 58.9 Å². The predicted molar refractivity (Wildman–Crippen MR) is 104 cm³/mol. The molecule has 0 fully saturated rings. The Kier molecular flexibility index (Phi) is 7.14. The molecule has 0 bridgehead atoms. The van der Waals surface area contributed by atoms with Crippen molar-refractivity contribution < 1.29 is 4.79 Å². The minimum absolute atomic E-state index is 0. The Balaban J connectivity index is 0.00000225. The van der Waals surface area contributed by atoms with Crippen LogP contribution in [0.1, 0.15) is 35.1 Å². The van der Waals surface area contributed by atoms with Crippen molar-refractivity contribution in [2.45, 2.75) is 26.2 Å². The molecule has 5 nitrogen and oxygen atoms in total. The van der Waals surface area contributed by atoms with Gasteiger partial charge < -0.3 is 10.6 Å². The Morgan fingerprint density at radius 3 is 2.80 bits per heavy atom. The zero-order valence-electron chi connectivity index (χ0n) is 13.9. The number of hydrogen-bond acceptors (Lipinski definition) is 3. The van der Waals surface area contributed by atoms with Gasteiger partial charge in [-0.3, -0.25) is 4.79 Å². The van der Waals surface area contributed by atoms with Crippen LogP contribution in [0.5, 0.6) is 0 Å². The number of halogens is 3. The molecule has 1 aromatic heterocycles. The number of nitrogens with zero attached hydrogens (tertiary/aromatic N) is 2. The van der Waals surface area contributed by atoms with Crippen LogP contribution in [-0.2, 0) is 12.8 Å². The maximum atomic E-state index is 12.5. The third kappa shape index (κ3) is 4.29. The van der Waals surface area contributed by atoms with E-state index in [1.807, 2.05) is 13.0 Å². The summed E-state index contributed by atoms with van der Waals surface area (Å²) in [6.07, 6.45) is 2.79. The lowest BCUT2D eigenvalue weighted by atomic mass is 10.2. The summed E-state index contributed by atoms with van der Waals surface area (Å²) in [6, 6.07) is 5.31. The van der Waals surface area contributed by atoms with Gasteiger partial charge in [-0.05, 0) is 44.0 Å². The van der Waals surface area contributed by atoms with Gasteiger partial charge in [-0.1, -0.05) is 30.1 Å². The van der Waals surface area contributed by atoms with Gasteiger partial charge in [0.2, 0.25) is 0 Å². The van der Waals surface area contributed by atoms with E-state index < -0.39 is 0 Å². The van der Waals surface area contributed by atoms with Crippen molar-refractivity contribution in [3.8, 4) is 5.69 Å². The Bertz CT molecular complexity index is 761. The van der Waals surface area contributed by atoms with Gasteiger partial charge in [0.15, 0.2) is 5.69 Å². The fraction of sp³-hybridized carbons (Fsp3) is 0.412. The van der Waals surface area contributed by atoms with Crippen LogP contribution in [0.2, 0.25) is 10.0 Å². The zero-order valence-corrected chi connectivity index (χ0v) is 16.3. The molecule has 2 aromatic rings. The Labute approximate surface area is 163 Å². The molecule has 0 aliphatic heterocycles. The van der Waals surface area contributed by atoms with Gasteiger partial charge in [0, 0.05) is 29.4 Å². The molecule has 1 aromatic carbocycles. The summed E-state index contributed by atoms with van der Waals surface area (Å²) in [5.41, 5.74) is 3.36. The smallest absolute Gasteiger partial charge is 0.272 e. The van der Waals surface area contributed by atoms with E-state index in [0.717, 1.165) is 49.3 Å². The molecule has 0 spiro atoms. The van der Waals surface area contributed by atoms with Crippen molar-refractivity contribution in [2.75, 3.05) is 19.6 Å². The monoisotopic (exact) mass is 402 g/mol. The van der Waals surface area contributed by atoms with Crippen LogP contribution in [0.15, 0.2) is 18.2 Å². The number of carbonyl (C=O) groups excluding carboxylic acids is 1. The number of fused-ring (bicyclic) bond motifs is 1. The van der Waals surface area contributed by atoms with E-state index in [9.17, 15) is 4.79 Å². The SMILES string of the molecule is CCNCCNC(=O)c1nn(-c2ccc(Cl)cc2Cl)c2c1CCC2.Cl. The number of rotatable bonds is 6. The van der Waals surface area contributed by atoms with Crippen LogP contribution in [0.3, 0.4) is 0 Å². The molecule has 0 unspecified atom stereocenters. The van der Waals surface area contributed by atoms with E-state index in [1.54, 1.807) is 16.8 Å². The average molecular weight is 404 g/mol. The molecule has 136 valence electrons. The van der Waals surface area contributed by atoms with Crippen molar-refractivity contribution in [1.82, 2.24) is 20.4 Å². The van der Waals surface area contributed by atoms with E-state index in [0.29, 0.717) is 22.3 Å². The van der Waals surface area contributed by atoms with E-state index >= 15 is 0 Å². The minimum Gasteiger partial charge on any atom is -0.349 e. The number of likely N-dealkylation sites (N-methyl/N-ethyl adjacent to an activating group) is 1. The number of carbonyl (C=O) groups is 1. The Morgan fingerprint density at radius 2 is 2.08 bits per heavy atom. The molecule has 0 radical (unpaired) electrons. The fourth-order valence-corrected chi connectivity index (χ4v) is 3.49. The second kappa shape index (κ2) is 8.90. The van der Waals surface area contributed by atoms with E-state index in [2.05, 4.69) is 15.7 Å². The molecule has 2 N–H and O–H groups in total. The van der Waals surface area contributed by atoms with Crippen LogP contribution in [-0.4, -0.2) is 35.3 Å². The highest BCUT2D eigenvalue weighted by molar-refractivity contribution is 6.35. The molecule has 0 saturated carbocycles. The maximum absolute atomic E-state index is 12.5. The number of amides is 1. The first kappa shape index (κ1) is 20.0. The second-order valence-corrected chi connectivity index (χ2v) is 6.59. The maximum Gasteiger partial charge on any atom is 0.272 e. The fourth-order valence-electron chi connectivity index (χ4n) is 3.00. The summed E-state index contributed by atoms with van der Waals surface area (Å²) in [4.78, 5) is 12.5. The Morgan fingerprint density at radius 1 is 1.28 bits per heavy atom. The van der Waals surface area contributed by atoms with Gasteiger partial charge in [-0.15, -0.1) is 12.4 Å². The van der Waals surface area contributed by atoms with Crippen LogP contribution < -0.4 is 10.6 Å². The summed E-state index contributed by atoms with van der Waals surface area (Å²) in [5, 5.41) is 11.8. The lowest BCUT2D eigenvalue weighted by molar-refractivity contribution is 0.0947. The van der Waals surface area contributed by atoms with Crippen molar-refractivity contribution >= 4 is 41.5 Å². The molecule has 1 aliphatic rings. The standard InChI is InChI=1S/C17H20Cl2N4O.ClH/c1-2-20-8-9-21-17(24)16-12-4-3-5-14(12)23(22-16)15-7-6-11(18)10-13(15)19;/h6-7,10,20H,2-5,8-9H2,1H3,(H,21,24);1H. The van der Waals surface area contributed by atoms with Crippen LogP contribution in [0.25, 0.3) is 5.69 Å². The van der Waals surface area contributed by atoms with Gasteiger partial charge in [0.1, 0.15) is 0 Å². The van der Waals surface area contributed by atoms with E-state index in [-0.39, 0.29) is 18.3 Å². The highest BCUT2D eigenvalue weighted by atomic mass is 35.5. The van der Waals surface area contributed by atoms with E-state index in [4.69, 9.17) is 23.2 Å². The predicted octanol–water partition coefficient (Wildman–Crippen LogP) is 3.43. The lowest BCUT2D eigenvalue weighted by Crippen LogP contribution is -2.32. The van der Waals surface area contributed by atoms with Crippen molar-refractivity contribution in [3.05, 3.63) is 45.2 Å². The van der Waals surface area contributed by atoms with Gasteiger partial charge in [0.05, 0.1) is 10.7 Å². The molecule has 1 amide bonds. The first-order chi connectivity index (χ1) is 11.6. The third-order valence-corrected chi connectivity index (χ3v) is 4.66. The van der Waals surface area contributed by atoms with E-state index in [1.165, 1.54) is 0 Å².